The highest BCUT2D eigenvalue weighted by Gasteiger charge is 2.28. The van der Waals surface area contributed by atoms with Crippen molar-refractivity contribution in [3.05, 3.63) is 59.7 Å². The molecule has 0 unspecified atom stereocenters. The van der Waals surface area contributed by atoms with Crippen molar-refractivity contribution in [1.29, 1.82) is 0 Å². The summed E-state index contributed by atoms with van der Waals surface area (Å²) >= 11 is 1.56. The molecular formula is C20H23N3O2S. The number of carbonyl (C=O) groups is 2. The zero-order valence-corrected chi connectivity index (χ0v) is 16.0. The second kappa shape index (κ2) is 7.51. The van der Waals surface area contributed by atoms with Crippen LogP contribution in [0.2, 0.25) is 0 Å². The number of nitrogens with zero attached hydrogens (tertiary/aromatic N) is 1. The van der Waals surface area contributed by atoms with Crippen LogP contribution in [0.5, 0.6) is 0 Å². The van der Waals surface area contributed by atoms with Crippen molar-refractivity contribution in [2.24, 2.45) is 0 Å². The number of hydrogen-bond donors (Lipinski definition) is 2. The molecule has 1 heterocycles. The summed E-state index contributed by atoms with van der Waals surface area (Å²) in [7, 11) is 0. The van der Waals surface area contributed by atoms with E-state index in [9.17, 15) is 9.59 Å². The van der Waals surface area contributed by atoms with E-state index >= 15 is 0 Å². The number of fused-ring (bicyclic) bond motifs is 1. The fourth-order valence-electron chi connectivity index (χ4n) is 2.63. The summed E-state index contributed by atoms with van der Waals surface area (Å²) in [5.41, 5.74) is 2.41. The molecule has 0 saturated heterocycles. The van der Waals surface area contributed by atoms with Crippen molar-refractivity contribution in [1.82, 2.24) is 9.62 Å². The van der Waals surface area contributed by atoms with E-state index in [-0.39, 0.29) is 23.9 Å². The van der Waals surface area contributed by atoms with Crippen molar-refractivity contribution >= 4 is 29.4 Å². The van der Waals surface area contributed by atoms with E-state index in [0.29, 0.717) is 12.1 Å². The molecule has 3 rings (SSSR count). The Morgan fingerprint density at radius 2 is 1.81 bits per heavy atom. The molecule has 0 aliphatic carbocycles. The van der Waals surface area contributed by atoms with Crippen LogP contribution >= 0.6 is 11.9 Å². The number of hydrogen-bond acceptors (Lipinski definition) is 4. The molecule has 26 heavy (non-hydrogen) atoms. The fraction of sp³-hybridized carbons (Fsp3) is 0.300. The normalized spacial score (nSPS) is 13.7. The Balaban J connectivity index is 1.53. The van der Waals surface area contributed by atoms with E-state index in [1.165, 1.54) is 0 Å². The quantitative estimate of drug-likeness (QED) is 0.790. The maximum Gasteiger partial charge on any atom is 0.254 e. The van der Waals surface area contributed by atoms with Crippen molar-refractivity contribution in [2.45, 2.75) is 37.8 Å². The lowest BCUT2D eigenvalue weighted by Gasteiger charge is -2.19. The van der Waals surface area contributed by atoms with Crippen LogP contribution in [-0.4, -0.2) is 28.8 Å². The van der Waals surface area contributed by atoms with Crippen LogP contribution in [0.4, 0.5) is 5.69 Å². The van der Waals surface area contributed by atoms with Gasteiger partial charge < -0.3 is 10.2 Å². The Kier molecular flexibility index (Phi) is 5.34. The molecule has 0 bridgehead atoms. The summed E-state index contributed by atoms with van der Waals surface area (Å²) in [5, 5.41) is 2.85. The van der Waals surface area contributed by atoms with Crippen molar-refractivity contribution in [3.63, 3.8) is 0 Å². The number of anilines is 1. The minimum atomic E-state index is -0.195. The molecule has 0 spiro atoms. The van der Waals surface area contributed by atoms with Gasteiger partial charge in [-0.25, -0.2) is 0 Å². The molecule has 0 radical (unpaired) electrons. The third-order valence-electron chi connectivity index (χ3n) is 3.84. The van der Waals surface area contributed by atoms with Crippen LogP contribution in [0.1, 0.15) is 36.7 Å². The van der Waals surface area contributed by atoms with E-state index in [2.05, 4.69) is 30.8 Å². The molecule has 2 aromatic carbocycles. The maximum absolute atomic E-state index is 12.3. The molecule has 0 atom stereocenters. The SMILES string of the molecule is CC(C)(C)NSc1ccc(NC(=O)CN2Cc3ccccc3C2=O)cc1. The third kappa shape index (κ3) is 4.65. The van der Waals surface area contributed by atoms with Gasteiger partial charge in [-0.2, -0.15) is 0 Å². The van der Waals surface area contributed by atoms with Crippen LogP contribution in [-0.2, 0) is 11.3 Å². The molecule has 1 aliphatic heterocycles. The molecule has 1 aliphatic rings. The molecule has 0 aromatic heterocycles. The molecule has 5 nitrogen and oxygen atoms in total. The molecule has 2 aromatic rings. The largest absolute Gasteiger partial charge is 0.325 e. The second-order valence-corrected chi connectivity index (χ2v) is 8.22. The highest BCUT2D eigenvalue weighted by molar-refractivity contribution is 7.97. The van der Waals surface area contributed by atoms with Gasteiger partial charge in [-0.1, -0.05) is 18.2 Å². The predicted molar refractivity (Wildman–Crippen MR) is 105 cm³/mol. The first-order valence-corrected chi connectivity index (χ1v) is 9.34. The Hall–Kier alpha value is -2.31. The minimum absolute atomic E-state index is 0.0252. The topological polar surface area (TPSA) is 61.4 Å². The van der Waals surface area contributed by atoms with E-state index < -0.39 is 0 Å². The Morgan fingerprint density at radius 1 is 1.12 bits per heavy atom. The molecule has 0 saturated carbocycles. The molecule has 136 valence electrons. The molecule has 2 amide bonds. The number of amides is 2. The van der Waals surface area contributed by atoms with Gasteiger partial charge in [0.1, 0.15) is 6.54 Å². The number of carbonyl (C=O) groups excluding carboxylic acids is 2. The summed E-state index contributed by atoms with van der Waals surface area (Å²) < 4.78 is 3.35. The van der Waals surface area contributed by atoms with Crippen LogP contribution < -0.4 is 10.0 Å². The first-order valence-electron chi connectivity index (χ1n) is 8.53. The highest BCUT2D eigenvalue weighted by Crippen LogP contribution is 2.23. The summed E-state index contributed by atoms with van der Waals surface area (Å²) in [6.45, 7) is 6.84. The Morgan fingerprint density at radius 3 is 2.46 bits per heavy atom. The van der Waals surface area contributed by atoms with Gasteiger partial charge in [-0.15, -0.1) is 0 Å². The smallest absolute Gasteiger partial charge is 0.254 e. The van der Waals surface area contributed by atoms with E-state index in [0.717, 1.165) is 16.1 Å². The minimum Gasteiger partial charge on any atom is -0.325 e. The fourth-order valence-corrected chi connectivity index (χ4v) is 3.33. The summed E-state index contributed by atoms with van der Waals surface area (Å²) in [5.74, 6) is -0.282. The van der Waals surface area contributed by atoms with Gasteiger partial charge in [0.25, 0.3) is 5.91 Å². The van der Waals surface area contributed by atoms with E-state index in [1.54, 1.807) is 22.9 Å². The summed E-state index contributed by atoms with van der Waals surface area (Å²) in [6, 6.07) is 15.1. The lowest BCUT2D eigenvalue weighted by molar-refractivity contribution is -0.116. The molecular weight excluding hydrogens is 346 g/mol. The number of benzene rings is 2. The zero-order chi connectivity index (χ0) is 18.7. The number of rotatable bonds is 5. The van der Waals surface area contributed by atoms with Gasteiger partial charge in [-0.3, -0.25) is 14.3 Å². The van der Waals surface area contributed by atoms with Crippen molar-refractivity contribution < 1.29 is 9.59 Å². The second-order valence-electron chi connectivity index (χ2n) is 7.35. The van der Waals surface area contributed by atoms with E-state index in [4.69, 9.17) is 0 Å². The number of nitrogens with one attached hydrogen (secondary N) is 2. The molecule has 2 N–H and O–H groups in total. The van der Waals surface area contributed by atoms with Crippen molar-refractivity contribution in [2.75, 3.05) is 11.9 Å². The Bertz CT molecular complexity index is 813. The molecule has 6 heteroatoms. The van der Waals surface area contributed by atoms with Gasteiger partial charge in [0, 0.05) is 28.2 Å². The maximum atomic E-state index is 12.3. The van der Waals surface area contributed by atoms with Gasteiger partial charge in [-0.05, 0) is 68.6 Å². The highest BCUT2D eigenvalue weighted by atomic mass is 32.2. The van der Waals surface area contributed by atoms with Gasteiger partial charge >= 0.3 is 0 Å². The standard InChI is InChI=1S/C20H23N3O2S/c1-20(2,3)22-26-16-10-8-15(9-11-16)21-18(24)13-23-12-14-6-4-5-7-17(14)19(23)25/h4-11,22H,12-13H2,1-3H3,(H,21,24). The lowest BCUT2D eigenvalue weighted by Crippen LogP contribution is -2.33. The summed E-state index contributed by atoms with van der Waals surface area (Å²) in [6.07, 6.45) is 0. The van der Waals surface area contributed by atoms with Crippen LogP contribution in [0, 0.1) is 0 Å². The first-order chi connectivity index (χ1) is 12.3. The first kappa shape index (κ1) is 18.5. The van der Waals surface area contributed by atoms with Gasteiger partial charge in [0.15, 0.2) is 0 Å². The average molecular weight is 369 g/mol. The van der Waals surface area contributed by atoms with Gasteiger partial charge in [0.05, 0.1) is 0 Å². The summed E-state index contributed by atoms with van der Waals surface area (Å²) in [4.78, 5) is 27.2. The predicted octanol–water partition coefficient (Wildman–Crippen LogP) is 3.68. The molecule has 0 fully saturated rings. The zero-order valence-electron chi connectivity index (χ0n) is 15.2. The Labute approximate surface area is 158 Å². The van der Waals surface area contributed by atoms with Crippen molar-refractivity contribution in [3.8, 4) is 0 Å². The van der Waals surface area contributed by atoms with Crippen LogP contribution in [0.15, 0.2) is 53.4 Å². The third-order valence-corrected chi connectivity index (χ3v) is 5.07. The van der Waals surface area contributed by atoms with Crippen LogP contribution in [0.3, 0.4) is 0 Å². The average Bonchev–Trinajstić information content (AvgIpc) is 2.90. The lowest BCUT2D eigenvalue weighted by atomic mass is 10.1. The van der Waals surface area contributed by atoms with E-state index in [1.807, 2.05) is 42.5 Å². The van der Waals surface area contributed by atoms with Crippen LogP contribution in [0.25, 0.3) is 0 Å². The monoisotopic (exact) mass is 369 g/mol. The van der Waals surface area contributed by atoms with Gasteiger partial charge in [0.2, 0.25) is 5.91 Å².